The minimum absolute atomic E-state index is 0.0904. The molecule has 1 amide bonds. The largest absolute Gasteiger partial charge is 0.444 e. The molecule has 5 rings (SSSR count). The molecule has 174 valence electrons. The van der Waals surface area contributed by atoms with Gasteiger partial charge in [-0.3, -0.25) is 4.90 Å². The lowest BCUT2D eigenvalue weighted by Gasteiger charge is -2.27. The summed E-state index contributed by atoms with van der Waals surface area (Å²) in [6, 6.07) is 21.4. The number of ether oxygens (including phenoxy) is 1. The first-order chi connectivity index (χ1) is 16.3. The van der Waals surface area contributed by atoms with E-state index < -0.39 is 5.60 Å². The lowest BCUT2D eigenvalue weighted by atomic mass is 9.99. The van der Waals surface area contributed by atoms with Crippen molar-refractivity contribution in [1.82, 2.24) is 14.9 Å². The first-order valence-corrected chi connectivity index (χ1v) is 12.7. The van der Waals surface area contributed by atoms with Gasteiger partial charge in [0.25, 0.3) is 0 Å². The highest BCUT2D eigenvalue weighted by molar-refractivity contribution is 14.1. The van der Waals surface area contributed by atoms with Crippen LogP contribution in [-0.2, 0) is 4.74 Å². The van der Waals surface area contributed by atoms with E-state index in [9.17, 15) is 4.79 Å². The van der Waals surface area contributed by atoms with E-state index in [1.165, 1.54) is 25.5 Å². The number of hydrogen-bond donors (Lipinski definition) is 1. The van der Waals surface area contributed by atoms with Crippen LogP contribution >= 0.6 is 22.6 Å². The smallest absolute Gasteiger partial charge is 0.410 e. The molecule has 1 fully saturated rings. The predicted molar refractivity (Wildman–Crippen MR) is 145 cm³/mol. The Balaban J connectivity index is 1.43. The normalized spacial score (nSPS) is 16.2. The molecule has 34 heavy (non-hydrogen) atoms. The maximum Gasteiger partial charge on any atom is 0.410 e. The van der Waals surface area contributed by atoms with Gasteiger partial charge in [0.1, 0.15) is 11.4 Å². The van der Waals surface area contributed by atoms with Gasteiger partial charge < -0.3 is 9.72 Å². The van der Waals surface area contributed by atoms with Crippen molar-refractivity contribution in [3.8, 4) is 22.4 Å². The fraction of sp³-hybridized carbons (Fsp3) is 0.286. The molecule has 0 saturated carbocycles. The molecule has 1 atom stereocenters. The van der Waals surface area contributed by atoms with Crippen molar-refractivity contribution in [2.75, 3.05) is 6.54 Å². The van der Waals surface area contributed by atoms with E-state index in [1.807, 2.05) is 27.0 Å². The molecule has 1 N–H and O–H groups in total. The monoisotopic (exact) mass is 565 g/mol. The first-order valence-electron chi connectivity index (χ1n) is 11.6. The zero-order valence-electron chi connectivity index (χ0n) is 19.6. The summed E-state index contributed by atoms with van der Waals surface area (Å²) in [4.78, 5) is 22.7. The number of amides is 1. The number of hydrogen-bond acceptors (Lipinski definition) is 3. The number of likely N-dealkylation sites (tertiary alicyclic amines) is 1. The Kier molecular flexibility index (Phi) is 6.10. The second kappa shape index (κ2) is 9.06. The third-order valence-corrected chi connectivity index (χ3v) is 7.07. The van der Waals surface area contributed by atoms with Crippen LogP contribution in [0.5, 0.6) is 0 Å². The summed E-state index contributed by atoms with van der Waals surface area (Å²) in [7, 11) is 0. The maximum absolute atomic E-state index is 12.7. The average Bonchev–Trinajstić information content (AvgIpc) is 3.48. The molecule has 6 heteroatoms. The van der Waals surface area contributed by atoms with Gasteiger partial charge in [-0.05, 0) is 96.3 Å². The number of carbonyl (C=O) groups excluding carboxylic acids is 1. The minimum atomic E-state index is -0.515. The number of nitrogens with one attached hydrogen (secondary N) is 1. The van der Waals surface area contributed by atoms with E-state index in [-0.39, 0.29) is 12.1 Å². The van der Waals surface area contributed by atoms with E-state index in [2.05, 4.69) is 93.2 Å². The number of carbonyl (C=O) groups is 1. The molecule has 0 unspecified atom stereocenters. The van der Waals surface area contributed by atoms with Crippen LogP contribution in [0.2, 0.25) is 0 Å². The quantitative estimate of drug-likeness (QED) is 0.261. The molecular formula is C28H28IN3O2. The Morgan fingerprint density at radius 3 is 2.62 bits per heavy atom. The molecule has 0 bridgehead atoms. The zero-order valence-corrected chi connectivity index (χ0v) is 21.8. The van der Waals surface area contributed by atoms with Crippen molar-refractivity contribution in [3.05, 3.63) is 76.3 Å². The number of imidazole rings is 1. The number of aromatic nitrogens is 2. The highest BCUT2D eigenvalue weighted by Gasteiger charge is 2.34. The van der Waals surface area contributed by atoms with Crippen LogP contribution in [0.4, 0.5) is 4.79 Å². The number of fused-ring (bicyclic) bond motifs is 1. The summed E-state index contributed by atoms with van der Waals surface area (Å²) in [5.41, 5.74) is 3.89. The number of rotatable bonds is 3. The molecule has 4 aromatic rings. The van der Waals surface area contributed by atoms with Crippen LogP contribution in [0.15, 0.2) is 66.9 Å². The Labute approximate surface area is 213 Å². The summed E-state index contributed by atoms with van der Waals surface area (Å²) in [5.74, 6) is 0.809. The maximum atomic E-state index is 12.7. The van der Waals surface area contributed by atoms with Crippen molar-refractivity contribution < 1.29 is 9.53 Å². The van der Waals surface area contributed by atoms with E-state index in [1.54, 1.807) is 4.90 Å². The van der Waals surface area contributed by atoms with Gasteiger partial charge in [-0.25, -0.2) is 9.78 Å². The molecule has 1 saturated heterocycles. The Bertz CT molecular complexity index is 1360. The summed E-state index contributed by atoms with van der Waals surface area (Å²) in [5, 5.41) is 2.47. The first kappa shape index (κ1) is 22.9. The Morgan fingerprint density at radius 1 is 1.06 bits per heavy atom. The topological polar surface area (TPSA) is 58.2 Å². The highest BCUT2D eigenvalue weighted by Crippen LogP contribution is 2.35. The molecule has 5 nitrogen and oxygen atoms in total. The molecular weight excluding hydrogens is 537 g/mol. The second-order valence-corrected chi connectivity index (χ2v) is 10.9. The third kappa shape index (κ3) is 4.69. The minimum Gasteiger partial charge on any atom is -0.444 e. The summed E-state index contributed by atoms with van der Waals surface area (Å²) < 4.78 is 6.82. The number of aromatic amines is 1. The van der Waals surface area contributed by atoms with Gasteiger partial charge in [0, 0.05) is 15.7 Å². The fourth-order valence-corrected chi connectivity index (χ4v) is 5.16. The van der Waals surface area contributed by atoms with Crippen LogP contribution in [-0.4, -0.2) is 33.1 Å². The van der Waals surface area contributed by atoms with Crippen molar-refractivity contribution in [2.45, 2.75) is 45.3 Å². The number of nitrogens with zero attached hydrogens (tertiary/aromatic N) is 2. The standard InChI is InChI=1S/C28H28IN3O2/c1-28(2,3)34-27(33)32-14-6-9-25(32)26-30-17-24(31-26)21-12-13-23(29)22(16-21)20-11-10-18-7-4-5-8-19(18)15-20/h4-5,7-8,10-13,15-17,25H,6,9,14H2,1-3H3,(H,30,31)/t25-/m0/s1. The van der Waals surface area contributed by atoms with Crippen LogP contribution in [0, 0.1) is 3.57 Å². The highest BCUT2D eigenvalue weighted by atomic mass is 127. The van der Waals surface area contributed by atoms with Gasteiger partial charge in [-0.2, -0.15) is 0 Å². The van der Waals surface area contributed by atoms with Gasteiger partial charge in [0.15, 0.2) is 0 Å². The van der Waals surface area contributed by atoms with Gasteiger partial charge in [0.05, 0.1) is 17.9 Å². The van der Waals surface area contributed by atoms with Gasteiger partial charge in [-0.1, -0.05) is 42.5 Å². The number of H-pyrrole nitrogens is 1. The van der Waals surface area contributed by atoms with Crippen molar-refractivity contribution in [3.63, 3.8) is 0 Å². The third-order valence-electron chi connectivity index (χ3n) is 6.13. The van der Waals surface area contributed by atoms with E-state index in [0.717, 1.165) is 29.9 Å². The Hall–Kier alpha value is -2.87. The fourth-order valence-electron chi connectivity index (χ4n) is 4.51. The van der Waals surface area contributed by atoms with Gasteiger partial charge in [-0.15, -0.1) is 0 Å². The summed E-state index contributed by atoms with van der Waals surface area (Å²) >= 11 is 2.40. The van der Waals surface area contributed by atoms with Crippen LogP contribution in [0.25, 0.3) is 33.2 Å². The number of halogens is 1. The molecule has 1 aromatic heterocycles. The van der Waals surface area contributed by atoms with E-state index in [0.29, 0.717) is 6.54 Å². The van der Waals surface area contributed by atoms with Gasteiger partial charge in [0.2, 0.25) is 0 Å². The van der Waals surface area contributed by atoms with E-state index in [4.69, 9.17) is 4.74 Å². The molecule has 0 radical (unpaired) electrons. The van der Waals surface area contributed by atoms with Crippen molar-refractivity contribution in [2.24, 2.45) is 0 Å². The van der Waals surface area contributed by atoms with Crippen LogP contribution < -0.4 is 0 Å². The lowest BCUT2D eigenvalue weighted by molar-refractivity contribution is 0.0218. The Morgan fingerprint density at radius 2 is 1.82 bits per heavy atom. The van der Waals surface area contributed by atoms with Crippen molar-refractivity contribution >= 4 is 39.5 Å². The van der Waals surface area contributed by atoms with Gasteiger partial charge >= 0.3 is 6.09 Å². The molecule has 0 spiro atoms. The SMILES string of the molecule is CC(C)(C)OC(=O)N1CCC[C@H]1c1ncc(-c2ccc(I)c(-c3ccc4ccccc4c3)c2)[nH]1. The predicted octanol–water partition coefficient (Wildman–Crippen LogP) is 7.57. The lowest BCUT2D eigenvalue weighted by Crippen LogP contribution is -2.36. The van der Waals surface area contributed by atoms with Crippen molar-refractivity contribution in [1.29, 1.82) is 0 Å². The molecule has 2 heterocycles. The van der Waals surface area contributed by atoms with Crippen LogP contribution in [0.1, 0.15) is 45.5 Å². The summed E-state index contributed by atoms with van der Waals surface area (Å²) in [6.45, 7) is 6.37. The average molecular weight is 565 g/mol. The second-order valence-electron chi connectivity index (χ2n) is 9.77. The summed E-state index contributed by atoms with van der Waals surface area (Å²) in [6.07, 6.45) is 3.41. The molecule has 0 aliphatic carbocycles. The molecule has 1 aliphatic rings. The zero-order chi connectivity index (χ0) is 23.9. The van der Waals surface area contributed by atoms with E-state index >= 15 is 0 Å². The van der Waals surface area contributed by atoms with Crippen LogP contribution in [0.3, 0.4) is 0 Å². The molecule has 1 aliphatic heterocycles. The number of benzene rings is 3. The molecule has 3 aromatic carbocycles.